The van der Waals surface area contributed by atoms with Gasteiger partial charge in [0.15, 0.2) is 6.79 Å². The summed E-state index contributed by atoms with van der Waals surface area (Å²) < 4.78 is 15.5. The van der Waals surface area contributed by atoms with Gasteiger partial charge in [0.05, 0.1) is 12.8 Å². The van der Waals surface area contributed by atoms with E-state index in [0.717, 1.165) is 11.3 Å². The average molecular weight is 283 g/mol. The highest BCUT2D eigenvalue weighted by molar-refractivity contribution is 5.42. The minimum atomic E-state index is 0.207. The average Bonchev–Trinajstić information content (AvgIpc) is 2.53. The quantitative estimate of drug-likeness (QED) is 0.625. The summed E-state index contributed by atoms with van der Waals surface area (Å²) in [5.41, 5.74) is 1.61. The van der Waals surface area contributed by atoms with Crippen molar-refractivity contribution in [1.82, 2.24) is 4.98 Å². The zero-order valence-corrected chi connectivity index (χ0v) is 12.1. The van der Waals surface area contributed by atoms with Crippen LogP contribution in [0.25, 0.3) is 0 Å². The molecule has 0 N–H and O–H groups in total. The molecule has 0 aliphatic heterocycles. The molecule has 0 amide bonds. The van der Waals surface area contributed by atoms with Crippen LogP contribution in [-0.4, -0.2) is 25.5 Å². The zero-order valence-electron chi connectivity index (χ0n) is 12.1. The molecule has 0 atom stereocenters. The summed E-state index contributed by atoms with van der Waals surface area (Å²) in [6.45, 7) is 2.82. The minimum Gasteiger partial charge on any atom is -0.494 e. The lowest BCUT2D eigenvalue weighted by Crippen LogP contribution is -1.99. The van der Waals surface area contributed by atoms with Crippen LogP contribution in [0.4, 0.5) is 0 Å². The SMILES string of the molecule is CCOc1ccc(C#Cc2ccc(OCOC)cn2)cc1. The summed E-state index contributed by atoms with van der Waals surface area (Å²) in [5.74, 6) is 7.57. The third kappa shape index (κ3) is 4.83. The molecule has 2 rings (SSSR count). The molecule has 0 spiro atoms. The van der Waals surface area contributed by atoms with Crippen molar-refractivity contribution in [2.45, 2.75) is 6.92 Å². The lowest BCUT2D eigenvalue weighted by Gasteiger charge is -2.02. The summed E-state index contributed by atoms with van der Waals surface area (Å²) in [6, 6.07) is 11.3. The molecule has 1 heterocycles. The van der Waals surface area contributed by atoms with E-state index in [-0.39, 0.29) is 6.79 Å². The van der Waals surface area contributed by atoms with Crippen LogP contribution in [-0.2, 0) is 4.74 Å². The molecule has 1 aromatic heterocycles. The molecule has 1 aromatic carbocycles. The Labute approximate surface area is 124 Å². The highest BCUT2D eigenvalue weighted by Gasteiger charge is 1.95. The first-order valence-electron chi connectivity index (χ1n) is 6.64. The molecule has 0 unspecified atom stereocenters. The van der Waals surface area contributed by atoms with Crippen LogP contribution in [0.3, 0.4) is 0 Å². The fourth-order valence-electron chi connectivity index (χ4n) is 1.60. The predicted octanol–water partition coefficient (Wildman–Crippen LogP) is 2.86. The van der Waals surface area contributed by atoms with Crippen LogP contribution in [0.1, 0.15) is 18.2 Å². The molecule has 0 saturated carbocycles. The lowest BCUT2D eigenvalue weighted by atomic mass is 10.2. The van der Waals surface area contributed by atoms with E-state index in [4.69, 9.17) is 14.2 Å². The lowest BCUT2D eigenvalue weighted by molar-refractivity contribution is 0.0508. The normalized spacial score (nSPS) is 9.62. The van der Waals surface area contributed by atoms with E-state index in [1.165, 1.54) is 0 Å². The molecule has 0 fully saturated rings. The van der Waals surface area contributed by atoms with Crippen molar-refractivity contribution in [3.63, 3.8) is 0 Å². The van der Waals surface area contributed by atoms with E-state index >= 15 is 0 Å². The Morgan fingerprint density at radius 3 is 2.33 bits per heavy atom. The molecular formula is C17H17NO3. The van der Waals surface area contributed by atoms with Gasteiger partial charge >= 0.3 is 0 Å². The summed E-state index contributed by atoms with van der Waals surface area (Å²) in [5, 5.41) is 0. The summed E-state index contributed by atoms with van der Waals surface area (Å²) in [4.78, 5) is 4.21. The van der Waals surface area contributed by atoms with Gasteiger partial charge in [0.25, 0.3) is 0 Å². The minimum absolute atomic E-state index is 0.207. The standard InChI is InChI=1S/C17H17NO3/c1-3-20-16-9-5-14(6-10-16)4-7-15-8-11-17(12-18-15)21-13-19-2/h5-6,8-12H,3,13H2,1-2H3. The van der Waals surface area contributed by atoms with Crippen molar-refractivity contribution in [3.8, 4) is 23.3 Å². The highest BCUT2D eigenvalue weighted by Crippen LogP contribution is 2.12. The first-order chi connectivity index (χ1) is 10.3. The third-order valence-electron chi connectivity index (χ3n) is 2.58. The maximum Gasteiger partial charge on any atom is 0.188 e. The van der Waals surface area contributed by atoms with Crippen molar-refractivity contribution in [2.75, 3.05) is 20.5 Å². The second-order valence-electron chi connectivity index (χ2n) is 4.14. The number of ether oxygens (including phenoxy) is 3. The van der Waals surface area contributed by atoms with E-state index in [1.54, 1.807) is 13.3 Å². The first-order valence-corrected chi connectivity index (χ1v) is 6.64. The van der Waals surface area contributed by atoms with Gasteiger partial charge in [0.2, 0.25) is 0 Å². The van der Waals surface area contributed by atoms with Crippen molar-refractivity contribution >= 4 is 0 Å². The molecule has 0 aliphatic rings. The van der Waals surface area contributed by atoms with E-state index in [2.05, 4.69) is 16.8 Å². The predicted molar refractivity (Wildman–Crippen MR) is 80.3 cm³/mol. The number of pyridine rings is 1. The third-order valence-corrected chi connectivity index (χ3v) is 2.58. The van der Waals surface area contributed by atoms with Crippen molar-refractivity contribution < 1.29 is 14.2 Å². The van der Waals surface area contributed by atoms with Crippen molar-refractivity contribution in [3.05, 3.63) is 53.9 Å². The molecular weight excluding hydrogens is 266 g/mol. The Bertz CT molecular complexity index is 609. The Balaban J connectivity index is 2.01. The molecule has 21 heavy (non-hydrogen) atoms. The summed E-state index contributed by atoms with van der Waals surface area (Å²) in [7, 11) is 1.57. The van der Waals surface area contributed by atoms with Gasteiger partial charge in [-0.1, -0.05) is 5.92 Å². The number of benzene rings is 1. The number of hydrogen-bond donors (Lipinski definition) is 0. The molecule has 0 aliphatic carbocycles. The van der Waals surface area contributed by atoms with Gasteiger partial charge in [0, 0.05) is 12.7 Å². The second-order valence-corrected chi connectivity index (χ2v) is 4.14. The van der Waals surface area contributed by atoms with Gasteiger partial charge in [-0.15, -0.1) is 0 Å². The van der Waals surface area contributed by atoms with Crippen LogP contribution in [0.5, 0.6) is 11.5 Å². The second kappa shape index (κ2) is 7.93. The molecule has 0 radical (unpaired) electrons. The van der Waals surface area contributed by atoms with E-state index < -0.39 is 0 Å². The Hall–Kier alpha value is -2.51. The van der Waals surface area contributed by atoms with Crippen LogP contribution in [0, 0.1) is 11.8 Å². The van der Waals surface area contributed by atoms with Crippen LogP contribution < -0.4 is 9.47 Å². The van der Waals surface area contributed by atoms with Crippen LogP contribution in [0.15, 0.2) is 42.6 Å². The Morgan fingerprint density at radius 1 is 0.952 bits per heavy atom. The number of rotatable bonds is 5. The van der Waals surface area contributed by atoms with E-state index in [1.807, 2.05) is 43.3 Å². The topological polar surface area (TPSA) is 40.6 Å². The number of methoxy groups -OCH3 is 1. The van der Waals surface area contributed by atoms with Crippen LogP contribution in [0.2, 0.25) is 0 Å². The molecule has 0 bridgehead atoms. The number of hydrogen-bond acceptors (Lipinski definition) is 4. The maximum atomic E-state index is 5.38. The van der Waals surface area contributed by atoms with Crippen LogP contribution >= 0.6 is 0 Å². The van der Waals surface area contributed by atoms with Crippen molar-refractivity contribution in [1.29, 1.82) is 0 Å². The summed E-state index contributed by atoms with van der Waals surface area (Å²) >= 11 is 0. The highest BCUT2D eigenvalue weighted by atomic mass is 16.7. The zero-order chi connectivity index (χ0) is 14.9. The Kier molecular flexibility index (Phi) is 5.62. The van der Waals surface area contributed by atoms with Gasteiger partial charge < -0.3 is 14.2 Å². The van der Waals surface area contributed by atoms with Gasteiger partial charge in [-0.05, 0) is 49.2 Å². The van der Waals surface area contributed by atoms with Gasteiger partial charge in [-0.2, -0.15) is 0 Å². The molecule has 2 aromatic rings. The van der Waals surface area contributed by atoms with E-state index in [9.17, 15) is 0 Å². The number of aromatic nitrogens is 1. The van der Waals surface area contributed by atoms with Gasteiger partial charge in [-0.3, -0.25) is 0 Å². The fourth-order valence-corrected chi connectivity index (χ4v) is 1.60. The Morgan fingerprint density at radius 2 is 1.71 bits per heavy atom. The molecule has 0 saturated heterocycles. The number of nitrogens with zero attached hydrogens (tertiary/aromatic N) is 1. The largest absolute Gasteiger partial charge is 0.494 e. The van der Waals surface area contributed by atoms with Gasteiger partial charge in [0.1, 0.15) is 17.2 Å². The van der Waals surface area contributed by atoms with Gasteiger partial charge in [-0.25, -0.2) is 4.98 Å². The first kappa shape index (κ1) is 14.9. The molecule has 4 nitrogen and oxygen atoms in total. The monoisotopic (exact) mass is 283 g/mol. The van der Waals surface area contributed by atoms with E-state index in [0.29, 0.717) is 18.1 Å². The molecule has 4 heteroatoms. The fraction of sp³-hybridized carbons (Fsp3) is 0.235. The van der Waals surface area contributed by atoms with Crippen molar-refractivity contribution in [2.24, 2.45) is 0 Å². The summed E-state index contributed by atoms with van der Waals surface area (Å²) in [6.07, 6.45) is 1.63. The molecule has 108 valence electrons. The maximum absolute atomic E-state index is 5.38. The smallest absolute Gasteiger partial charge is 0.188 e.